The van der Waals surface area contributed by atoms with Crippen LogP contribution in [0.2, 0.25) is 15.1 Å². The molecule has 0 radical (unpaired) electrons. The van der Waals surface area contributed by atoms with E-state index in [0.717, 1.165) is 22.6 Å². The molecule has 0 bridgehead atoms. The van der Waals surface area contributed by atoms with Crippen LogP contribution in [-0.4, -0.2) is 0 Å². The molecule has 0 aliphatic rings. The molecule has 0 saturated heterocycles. The van der Waals surface area contributed by atoms with Crippen molar-refractivity contribution in [2.75, 3.05) is 5.32 Å². The fraction of sp³-hybridized carbons (Fsp3) is 0.100. The minimum absolute atomic E-state index is 0.253. The van der Waals surface area contributed by atoms with Gasteiger partial charge in [0.2, 0.25) is 0 Å². The highest BCUT2D eigenvalue weighted by molar-refractivity contribution is 6.42. The molecule has 0 aliphatic heterocycles. The Morgan fingerprint density at radius 1 is 0.808 bits per heavy atom. The molecular formula is C20H15Cl3FNO. The third-order valence-corrected chi connectivity index (χ3v) is 4.86. The molecule has 0 saturated carbocycles. The predicted molar refractivity (Wildman–Crippen MR) is 106 cm³/mol. The van der Waals surface area contributed by atoms with Gasteiger partial charge < -0.3 is 10.1 Å². The molecule has 1 N–H and O–H groups in total. The molecule has 0 heterocycles. The first-order valence-electron chi connectivity index (χ1n) is 7.86. The molecular weight excluding hydrogens is 396 g/mol. The Balaban J connectivity index is 1.68. The number of nitrogens with one attached hydrogen (secondary N) is 1. The summed E-state index contributed by atoms with van der Waals surface area (Å²) in [5.74, 6) is 0.352. The largest absolute Gasteiger partial charge is 0.488 e. The lowest BCUT2D eigenvalue weighted by Gasteiger charge is -2.14. The van der Waals surface area contributed by atoms with Crippen molar-refractivity contribution in [3.8, 4) is 5.75 Å². The highest BCUT2D eigenvalue weighted by atomic mass is 35.5. The van der Waals surface area contributed by atoms with E-state index in [4.69, 9.17) is 39.5 Å². The van der Waals surface area contributed by atoms with Crippen LogP contribution in [-0.2, 0) is 13.2 Å². The van der Waals surface area contributed by atoms with E-state index in [1.807, 2.05) is 30.3 Å². The zero-order valence-corrected chi connectivity index (χ0v) is 15.9. The fourth-order valence-electron chi connectivity index (χ4n) is 2.39. The zero-order chi connectivity index (χ0) is 18.5. The summed E-state index contributed by atoms with van der Waals surface area (Å²) >= 11 is 18.0. The Kier molecular flexibility index (Phi) is 6.25. The lowest BCUT2D eigenvalue weighted by Crippen LogP contribution is -2.04. The fourth-order valence-corrected chi connectivity index (χ4v) is 2.91. The van der Waals surface area contributed by atoms with Gasteiger partial charge in [0.05, 0.1) is 15.1 Å². The monoisotopic (exact) mass is 409 g/mol. The standard InChI is InChI=1S/C20H15Cl3FNO/c21-17-8-7-16(10-19(17)23)25-11-13-3-1-2-4-20(13)26-12-14-5-6-15(24)9-18(14)22/h1-10,25H,11-12H2. The van der Waals surface area contributed by atoms with E-state index in [-0.39, 0.29) is 12.4 Å². The van der Waals surface area contributed by atoms with Gasteiger partial charge in [0.25, 0.3) is 0 Å². The second-order valence-electron chi connectivity index (χ2n) is 5.61. The number of anilines is 1. The van der Waals surface area contributed by atoms with Crippen molar-refractivity contribution in [1.82, 2.24) is 0 Å². The van der Waals surface area contributed by atoms with Crippen molar-refractivity contribution in [3.05, 3.63) is 92.7 Å². The van der Waals surface area contributed by atoms with E-state index in [0.29, 0.717) is 21.6 Å². The first kappa shape index (κ1) is 18.8. The van der Waals surface area contributed by atoms with Crippen LogP contribution in [0.4, 0.5) is 10.1 Å². The van der Waals surface area contributed by atoms with Gasteiger partial charge in [-0.05, 0) is 36.4 Å². The lowest BCUT2D eigenvalue weighted by atomic mass is 10.2. The Labute approximate surface area is 166 Å². The smallest absolute Gasteiger partial charge is 0.124 e. The van der Waals surface area contributed by atoms with Gasteiger partial charge in [0.15, 0.2) is 0 Å². The summed E-state index contributed by atoms with van der Waals surface area (Å²) < 4.78 is 19.0. The number of benzene rings is 3. The van der Waals surface area contributed by atoms with Crippen LogP contribution in [0.3, 0.4) is 0 Å². The summed E-state index contributed by atoms with van der Waals surface area (Å²) in [5.41, 5.74) is 2.55. The summed E-state index contributed by atoms with van der Waals surface area (Å²) in [5, 5.41) is 4.64. The summed E-state index contributed by atoms with van der Waals surface area (Å²) in [4.78, 5) is 0. The maximum atomic E-state index is 13.1. The summed E-state index contributed by atoms with van der Waals surface area (Å²) in [7, 11) is 0. The minimum Gasteiger partial charge on any atom is -0.488 e. The van der Waals surface area contributed by atoms with Crippen LogP contribution >= 0.6 is 34.8 Å². The summed E-state index contributed by atoms with van der Waals surface area (Å²) in [6, 6.07) is 17.3. The molecule has 26 heavy (non-hydrogen) atoms. The van der Waals surface area contributed by atoms with E-state index in [9.17, 15) is 4.39 Å². The van der Waals surface area contributed by atoms with Gasteiger partial charge in [-0.1, -0.05) is 59.1 Å². The van der Waals surface area contributed by atoms with E-state index in [1.165, 1.54) is 12.1 Å². The first-order valence-corrected chi connectivity index (χ1v) is 9.00. The summed E-state index contributed by atoms with van der Waals surface area (Å²) in [6.45, 7) is 0.800. The van der Waals surface area contributed by atoms with Crippen molar-refractivity contribution < 1.29 is 9.13 Å². The highest BCUT2D eigenvalue weighted by Crippen LogP contribution is 2.27. The second kappa shape index (κ2) is 8.63. The zero-order valence-electron chi connectivity index (χ0n) is 13.6. The topological polar surface area (TPSA) is 21.3 Å². The van der Waals surface area contributed by atoms with Gasteiger partial charge >= 0.3 is 0 Å². The number of rotatable bonds is 6. The molecule has 0 atom stereocenters. The van der Waals surface area contributed by atoms with E-state index in [1.54, 1.807) is 18.2 Å². The van der Waals surface area contributed by atoms with Gasteiger partial charge in [-0.3, -0.25) is 0 Å². The maximum absolute atomic E-state index is 13.1. The van der Waals surface area contributed by atoms with Gasteiger partial charge in [-0.15, -0.1) is 0 Å². The molecule has 0 spiro atoms. The van der Waals surface area contributed by atoms with Crippen molar-refractivity contribution in [1.29, 1.82) is 0 Å². The SMILES string of the molecule is Fc1ccc(COc2ccccc2CNc2ccc(Cl)c(Cl)c2)c(Cl)c1. The van der Waals surface area contributed by atoms with E-state index >= 15 is 0 Å². The quantitative estimate of drug-likeness (QED) is 0.473. The molecule has 3 rings (SSSR count). The van der Waals surface area contributed by atoms with E-state index < -0.39 is 0 Å². The summed E-state index contributed by atoms with van der Waals surface area (Å²) in [6.07, 6.45) is 0. The average molecular weight is 411 g/mol. The first-order chi connectivity index (χ1) is 12.5. The number of para-hydroxylation sites is 1. The van der Waals surface area contributed by atoms with Gasteiger partial charge in [-0.2, -0.15) is 0 Å². The second-order valence-corrected chi connectivity index (χ2v) is 6.84. The molecule has 134 valence electrons. The van der Waals surface area contributed by atoms with Crippen molar-refractivity contribution in [2.45, 2.75) is 13.2 Å². The van der Waals surface area contributed by atoms with E-state index in [2.05, 4.69) is 5.32 Å². The van der Waals surface area contributed by atoms with Crippen LogP contribution in [0.25, 0.3) is 0 Å². The van der Waals surface area contributed by atoms with Crippen LogP contribution in [0.15, 0.2) is 60.7 Å². The number of halogens is 4. The van der Waals surface area contributed by atoms with Crippen LogP contribution in [0, 0.1) is 5.82 Å². The Morgan fingerprint density at radius 3 is 2.38 bits per heavy atom. The molecule has 3 aromatic carbocycles. The van der Waals surface area contributed by atoms with Crippen molar-refractivity contribution in [2.24, 2.45) is 0 Å². The van der Waals surface area contributed by atoms with Crippen molar-refractivity contribution in [3.63, 3.8) is 0 Å². The molecule has 0 amide bonds. The van der Waals surface area contributed by atoms with Gasteiger partial charge in [-0.25, -0.2) is 4.39 Å². The molecule has 0 fully saturated rings. The highest BCUT2D eigenvalue weighted by Gasteiger charge is 2.07. The third-order valence-electron chi connectivity index (χ3n) is 3.77. The normalized spacial score (nSPS) is 10.6. The van der Waals surface area contributed by atoms with Crippen LogP contribution in [0.1, 0.15) is 11.1 Å². The van der Waals surface area contributed by atoms with Crippen LogP contribution < -0.4 is 10.1 Å². The maximum Gasteiger partial charge on any atom is 0.124 e. The molecule has 2 nitrogen and oxygen atoms in total. The predicted octanol–water partition coefficient (Wildman–Crippen LogP) is 6.98. The molecule has 0 aliphatic carbocycles. The van der Waals surface area contributed by atoms with Crippen molar-refractivity contribution >= 4 is 40.5 Å². The average Bonchev–Trinajstić information content (AvgIpc) is 2.63. The van der Waals surface area contributed by atoms with Crippen LogP contribution in [0.5, 0.6) is 5.75 Å². The lowest BCUT2D eigenvalue weighted by molar-refractivity contribution is 0.303. The van der Waals surface area contributed by atoms with Gasteiger partial charge in [0.1, 0.15) is 18.2 Å². The molecule has 6 heteroatoms. The molecule has 0 aromatic heterocycles. The Morgan fingerprint density at radius 2 is 1.62 bits per heavy atom. The number of hydrogen-bond acceptors (Lipinski definition) is 2. The molecule has 3 aromatic rings. The molecule has 0 unspecified atom stereocenters. The number of hydrogen-bond donors (Lipinski definition) is 1. The number of ether oxygens (including phenoxy) is 1. The Bertz CT molecular complexity index is 917. The van der Waals surface area contributed by atoms with Gasteiger partial charge in [0, 0.05) is 23.4 Å². The minimum atomic E-state index is -0.370. The Hall–Kier alpha value is -1.94. The third kappa shape index (κ3) is 4.82.